The van der Waals surface area contributed by atoms with E-state index in [1.807, 2.05) is 0 Å². The average molecular weight is 149 g/mol. The second-order valence-corrected chi connectivity index (χ2v) is 1.94. The number of H-pyrrole nitrogens is 1. The summed E-state index contributed by atoms with van der Waals surface area (Å²) in [6.45, 7) is 0. The normalized spacial score (nSPS) is 8.73. The van der Waals surface area contributed by atoms with E-state index in [2.05, 4.69) is 15.6 Å². The summed E-state index contributed by atoms with van der Waals surface area (Å²) in [6.07, 6.45) is 6.66. The number of terminal acetylenes is 1. The molecule has 3 nitrogen and oxygen atoms in total. The fourth-order valence-electron chi connectivity index (χ4n) is 0.705. The Morgan fingerprint density at radius 1 is 1.82 bits per heavy atom. The molecule has 0 aliphatic carbocycles. The second kappa shape index (κ2) is 2.93. The number of aromatic amines is 1. The molecule has 0 bridgehead atoms. The van der Waals surface area contributed by atoms with Gasteiger partial charge in [0.15, 0.2) is 0 Å². The van der Waals surface area contributed by atoms with Gasteiger partial charge < -0.3 is 9.72 Å². The van der Waals surface area contributed by atoms with Crippen molar-refractivity contribution in [2.75, 3.05) is 7.11 Å². The number of carbonyl (C=O) groups is 1. The van der Waals surface area contributed by atoms with Gasteiger partial charge in [-0.05, 0) is 6.07 Å². The molecule has 0 unspecified atom stereocenters. The van der Waals surface area contributed by atoms with Gasteiger partial charge in [0.25, 0.3) is 0 Å². The molecule has 0 spiro atoms. The molecule has 0 saturated heterocycles. The van der Waals surface area contributed by atoms with Crippen LogP contribution in [-0.2, 0) is 4.74 Å². The first-order valence-corrected chi connectivity index (χ1v) is 3.01. The molecule has 0 fully saturated rings. The van der Waals surface area contributed by atoms with Crippen molar-refractivity contribution in [1.82, 2.24) is 4.98 Å². The number of rotatable bonds is 1. The maximum atomic E-state index is 10.8. The van der Waals surface area contributed by atoms with Crippen LogP contribution in [0.1, 0.15) is 16.1 Å². The van der Waals surface area contributed by atoms with Crippen LogP contribution >= 0.6 is 0 Å². The number of methoxy groups -OCH3 is 1. The van der Waals surface area contributed by atoms with E-state index in [9.17, 15) is 4.79 Å². The van der Waals surface area contributed by atoms with Crippen LogP contribution in [0.2, 0.25) is 0 Å². The van der Waals surface area contributed by atoms with Crippen molar-refractivity contribution < 1.29 is 9.53 Å². The van der Waals surface area contributed by atoms with Crippen LogP contribution in [0.3, 0.4) is 0 Å². The number of esters is 1. The molecule has 0 saturated carbocycles. The Morgan fingerprint density at radius 3 is 3.00 bits per heavy atom. The third-order valence-electron chi connectivity index (χ3n) is 1.25. The molecule has 3 heteroatoms. The minimum atomic E-state index is -0.411. The van der Waals surface area contributed by atoms with Crippen LogP contribution in [0.15, 0.2) is 12.3 Å². The molecule has 1 aromatic heterocycles. The van der Waals surface area contributed by atoms with E-state index in [0.717, 1.165) is 0 Å². The monoisotopic (exact) mass is 149 g/mol. The van der Waals surface area contributed by atoms with E-state index in [4.69, 9.17) is 6.42 Å². The number of nitrogens with one attached hydrogen (secondary N) is 1. The summed E-state index contributed by atoms with van der Waals surface area (Å²) in [5, 5.41) is 0. The molecule has 0 amide bonds. The van der Waals surface area contributed by atoms with Gasteiger partial charge in [-0.2, -0.15) is 0 Å². The van der Waals surface area contributed by atoms with E-state index in [-0.39, 0.29) is 0 Å². The van der Waals surface area contributed by atoms with Crippen molar-refractivity contribution in [2.24, 2.45) is 0 Å². The second-order valence-electron chi connectivity index (χ2n) is 1.94. The Morgan fingerprint density at radius 2 is 2.55 bits per heavy atom. The van der Waals surface area contributed by atoms with Crippen molar-refractivity contribution >= 4 is 5.97 Å². The van der Waals surface area contributed by atoms with Gasteiger partial charge in [0.05, 0.1) is 7.11 Å². The van der Waals surface area contributed by atoms with E-state index in [0.29, 0.717) is 11.3 Å². The summed E-state index contributed by atoms with van der Waals surface area (Å²) in [5.74, 6) is 1.98. The summed E-state index contributed by atoms with van der Waals surface area (Å²) in [7, 11) is 1.32. The average Bonchev–Trinajstić information content (AvgIpc) is 2.50. The van der Waals surface area contributed by atoms with E-state index < -0.39 is 5.97 Å². The van der Waals surface area contributed by atoms with Crippen molar-refractivity contribution in [3.63, 3.8) is 0 Å². The molecule has 0 radical (unpaired) electrons. The standard InChI is InChI=1S/C8H7NO2/c1-3-6-4-7(9-5-6)8(10)11-2/h1,4-5,9H,2H3. The Kier molecular flexibility index (Phi) is 1.98. The lowest BCUT2D eigenvalue weighted by Crippen LogP contribution is -2.00. The minimum absolute atomic E-state index is 0.375. The third-order valence-corrected chi connectivity index (χ3v) is 1.25. The fourth-order valence-corrected chi connectivity index (χ4v) is 0.705. The van der Waals surface area contributed by atoms with Crippen LogP contribution in [0, 0.1) is 12.3 Å². The first-order valence-electron chi connectivity index (χ1n) is 3.01. The third kappa shape index (κ3) is 1.41. The highest BCUT2D eigenvalue weighted by molar-refractivity contribution is 5.87. The predicted molar refractivity (Wildman–Crippen MR) is 40.1 cm³/mol. The van der Waals surface area contributed by atoms with Crippen molar-refractivity contribution in [3.8, 4) is 12.3 Å². The van der Waals surface area contributed by atoms with E-state index in [1.165, 1.54) is 7.11 Å². The van der Waals surface area contributed by atoms with Crippen LogP contribution in [0.25, 0.3) is 0 Å². The van der Waals surface area contributed by atoms with Crippen molar-refractivity contribution in [2.45, 2.75) is 0 Å². The number of hydrogen-bond donors (Lipinski definition) is 1. The predicted octanol–water partition coefficient (Wildman–Crippen LogP) is 0.783. The number of hydrogen-bond acceptors (Lipinski definition) is 2. The Hall–Kier alpha value is -1.69. The molecule has 0 aliphatic rings. The molecule has 1 heterocycles. The molecule has 1 N–H and O–H groups in total. The molecule has 0 atom stereocenters. The van der Waals surface area contributed by atoms with Crippen LogP contribution in [0.5, 0.6) is 0 Å². The minimum Gasteiger partial charge on any atom is -0.464 e. The summed E-state index contributed by atoms with van der Waals surface area (Å²) < 4.78 is 4.46. The zero-order valence-corrected chi connectivity index (χ0v) is 6.05. The molecule has 0 aliphatic heterocycles. The lowest BCUT2D eigenvalue weighted by atomic mass is 10.3. The maximum absolute atomic E-state index is 10.8. The van der Waals surface area contributed by atoms with Gasteiger partial charge in [0, 0.05) is 11.8 Å². The van der Waals surface area contributed by atoms with Gasteiger partial charge in [0.2, 0.25) is 0 Å². The summed E-state index contributed by atoms with van der Waals surface area (Å²) in [5.41, 5.74) is 1.02. The van der Waals surface area contributed by atoms with Crippen LogP contribution in [-0.4, -0.2) is 18.1 Å². The highest BCUT2D eigenvalue weighted by Crippen LogP contribution is 2.02. The first kappa shape index (κ1) is 7.42. The van der Waals surface area contributed by atoms with Crippen molar-refractivity contribution in [1.29, 1.82) is 0 Å². The smallest absolute Gasteiger partial charge is 0.354 e. The largest absolute Gasteiger partial charge is 0.464 e. The Balaban J connectivity index is 2.91. The number of ether oxygens (including phenoxy) is 1. The van der Waals surface area contributed by atoms with Crippen LogP contribution < -0.4 is 0 Å². The Bertz CT molecular complexity index is 306. The molecule has 1 rings (SSSR count). The first-order chi connectivity index (χ1) is 5.27. The number of carbonyl (C=O) groups excluding carboxylic acids is 1. The lowest BCUT2D eigenvalue weighted by molar-refractivity contribution is 0.0595. The summed E-state index contributed by atoms with van der Waals surface area (Å²) in [4.78, 5) is 13.5. The van der Waals surface area contributed by atoms with Crippen molar-refractivity contribution in [3.05, 3.63) is 23.5 Å². The van der Waals surface area contributed by atoms with E-state index in [1.54, 1.807) is 12.3 Å². The summed E-state index contributed by atoms with van der Waals surface area (Å²) >= 11 is 0. The fraction of sp³-hybridized carbons (Fsp3) is 0.125. The highest BCUT2D eigenvalue weighted by atomic mass is 16.5. The molecule has 1 aromatic rings. The quantitative estimate of drug-likeness (QED) is 0.473. The zero-order valence-electron chi connectivity index (χ0n) is 6.05. The van der Waals surface area contributed by atoms with Gasteiger partial charge in [-0.25, -0.2) is 4.79 Å². The van der Waals surface area contributed by atoms with Gasteiger partial charge in [-0.1, -0.05) is 5.92 Å². The number of aromatic nitrogens is 1. The van der Waals surface area contributed by atoms with Crippen LogP contribution in [0.4, 0.5) is 0 Å². The van der Waals surface area contributed by atoms with Gasteiger partial charge >= 0.3 is 5.97 Å². The molecular formula is C8H7NO2. The zero-order chi connectivity index (χ0) is 8.27. The molecule has 56 valence electrons. The molecule has 11 heavy (non-hydrogen) atoms. The SMILES string of the molecule is C#Cc1c[nH]c(C(=O)OC)c1. The Labute approximate surface area is 64.4 Å². The molecular weight excluding hydrogens is 142 g/mol. The van der Waals surface area contributed by atoms with Gasteiger partial charge in [0.1, 0.15) is 5.69 Å². The van der Waals surface area contributed by atoms with Gasteiger partial charge in [-0.3, -0.25) is 0 Å². The van der Waals surface area contributed by atoms with Gasteiger partial charge in [-0.15, -0.1) is 6.42 Å². The maximum Gasteiger partial charge on any atom is 0.354 e. The molecule has 0 aromatic carbocycles. The summed E-state index contributed by atoms with van der Waals surface area (Å²) in [6, 6.07) is 1.56. The van der Waals surface area contributed by atoms with E-state index >= 15 is 0 Å². The highest BCUT2D eigenvalue weighted by Gasteiger charge is 2.05. The topological polar surface area (TPSA) is 42.1 Å². The lowest BCUT2D eigenvalue weighted by Gasteiger charge is -1.91.